The van der Waals surface area contributed by atoms with Gasteiger partial charge in [0.1, 0.15) is 5.75 Å². The minimum Gasteiger partial charge on any atom is -0.467 e. The zero-order valence-electron chi connectivity index (χ0n) is 29.0. The molecule has 232 valence electrons. The van der Waals surface area contributed by atoms with Crippen molar-refractivity contribution in [2.45, 2.75) is 150 Å². The van der Waals surface area contributed by atoms with Gasteiger partial charge in [-0.2, -0.15) is 0 Å². The molecular weight excluding hydrogens is 521 g/mol. The number of hydrogen-bond donors (Lipinski definition) is 0. The van der Waals surface area contributed by atoms with E-state index >= 15 is 0 Å². The molecule has 0 fully saturated rings. The van der Waals surface area contributed by atoms with Crippen molar-refractivity contribution < 1.29 is 9.47 Å². The lowest BCUT2D eigenvalue weighted by Crippen LogP contribution is -2.37. The van der Waals surface area contributed by atoms with Gasteiger partial charge in [-0.1, -0.05) is 114 Å². The lowest BCUT2D eigenvalue weighted by molar-refractivity contribution is 0.0486. The smallest absolute Gasteiger partial charge is 0.188 e. The summed E-state index contributed by atoms with van der Waals surface area (Å²) in [5.74, 6) is 1.03. The Kier molecular flexibility index (Phi) is 13.0. The van der Waals surface area contributed by atoms with E-state index in [1.807, 2.05) is 0 Å². The maximum absolute atomic E-state index is 6.56. The van der Waals surface area contributed by atoms with E-state index in [0.29, 0.717) is 20.7 Å². The first-order valence-corrected chi connectivity index (χ1v) is 16.9. The van der Waals surface area contributed by atoms with E-state index in [1.165, 1.54) is 52.4 Å². The van der Waals surface area contributed by atoms with Crippen LogP contribution in [0, 0.1) is 6.92 Å². The van der Waals surface area contributed by atoms with Crippen LogP contribution >= 0.6 is 8.58 Å². The van der Waals surface area contributed by atoms with Crippen LogP contribution in [0.5, 0.6) is 5.75 Å². The molecule has 0 spiro atoms. The van der Waals surface area contributed by atoms with Gasteiger partial charge < -0.3 is 9.47 Å². The lowest BCUT2D eigenvalue weighted by Gasteiger charge is -2.38. The van der Waals surface area contributed by atoms with Gasteiger partial charge in [0, 0.05) is 42.0 Å². The third-order valence-electron chi connectivity index (χ3n) is 8.40. The van der Waals surface area contributed by atoms with Crippen LogP contribution in [0.25, 0.3) is 0 Å². The van der Waals surface area contributed by atoms with Gasteiger partial charge in [-0.25, -0.2) is 0 Å². The number of methoxy groups -OCH3 is 1. The minimum absolute atomic E-state index is 0.0326. The van der Waals surface area contributed by atoms with Gasteiger partial charge in [0.25, 0.3) is 0 Å². The Labute approximate surface area is 256 Å². The molecule has 3 nitrogen and oxygen atoms in total. The molecule has 0 radical (unpaired) electrons. The summed E-state index contributed by atoms with van der Waals surface area (Å²) in [5.41, 5.74) is 6.84. The first kappa shape index (κ1) is 35.8. The van der Waals surface area contributed by atoms with Crippen LogP contribution < -0.4 is 10.0 Å². The fourth-order valence-electron chi connectivity index (χ4n) is 5.77. The highest BCUT2D eigenvalue weighted by Gasteiger charge is 2.36. The van der Waals surface area contributed by atoms with E-state index in [-0.39, 0.29) is 22.8 Å². The van der Waals surface area contributed by atoms with Gasteiger partial charge in [0.2, 0.25) is 0 Å². The molecule has 2 atom stereocenters. The molecule has 0 aliphatic carbocycles. The van der Waals surface area contributed by atoms with E-state index in [1.54, 1.807) is 7.11 Å². The maximum Gasteiger partial charge on any atom is 0.188 e. The summed E-state index contributed by atoms with van der Waals surface area (Å²) in [6.45, 7) is 31.5. The van der Waals surface area contributed by atoms with Crippen molar-refractivity contribution in [2.24, 2.45) is 0 Å². The SMILES string of the molecule is CCCCCC(C)(Pc1c(C)cccc1CN(C(C)C)C(C)C)c1cc(C(C)(C)C)cc(C(C)(C)C)c1OCOC. The molecular formula is C37H62NO2P. The third-order valence-corrected chi connectivity index (χ3v) is 10.4. The number of nitrogens with zero attached hydrogens (tertiary/aromatic N) is 1. The monoisotopic (exact) mass is 583 g/mol. The highest BCUT2D eigenvalue weighted by molar-refractivity contribution is 7.48. The highest BCUT2D eigenvalue weighted by Crippen LogP contribution is 2.52. The molecule has 41 heavy (non-hydrogen) atoms. The predicted molar refractivity (Wildman–Crippen MR) is 183 cm³/mol. The van der Waals surface area contributed by atoms with E-state index in [4.69, 9.17) is 9.47 Å². The molecule has 0 bridgehead atoms. The predicted octanol–water partition coefficient (Wildman–Crippen LogP) is 9.99. The van der Waals surface area contributed by atoms with Crippen molar-refractivity contribution in [1.82, 2.24) is 4.90 Å². The summed E-state index contributed by atoms with van der Waals surface area (Å²) in [4.78, 5) is 2.61. The minimum atomic E-state index is -0.0686. The average molecular weight is 584 g/mol. The summed E-state index contributed by atoms with van der Waals surface area (Å²) in [6, 6.07) is 12.8. The molecule has 0 heterocycles. The molecule has 0 aliphatic heterocycles. The first-order chi connectivity index (χ1) is 19.0. The van der Waals surface area contributed by atoms with Crippen LogP contribution in [0.2, 0.25) is 0 Å². The summed E-state index contributed by atoms with van der Waals surface area (Å²) in [5, 5.41) is 1.45. The second kappa shape index (κ2) is 14.9. The zero-order valence-corrected chi connectivity index (χ0v) is 30.0. The number of hydrogen-bond acceptors (Lipinski definition) is 3. The van der Waals surface area contributed by atoms with Gasteiger partial charge in [-0.3, -0.25) is 4.90 Å². The molecule has 2 aromatic rings. The van der Waals surface area contributed by atoms with Crippen LogP contribution in [0.4, 0.5) is 0 Å². The molecule has 0 aromatic heterocycles. The standard InChI is InChI=1S/C37H62NO2P/c1-15-16-17-21-37(13,41-34-28(6)19-18-20-29(34)24-38(26(2)3)27(4)5)32-23-30(35(7,8)9)22-31(36(10,11)12)33(32)40-25-39-14/h18-20,22-23,26-27,41H,15-17,21,24-25H2,1-14H3. The molecule has 0 amide bonds. The molecule has 2 unspecified atom stereocenters. The lowest BCUT2D eigenvalue weighted by atomic mass is 9.76. The van der Waals surface area contributed by atoms with Crippen LogP contribution in [-0.2, 0) is 27.3 Å². The molecule has 4 heteroatoms. The Balaban J connectivity index is 2.87. The number of ether oxygens (including phenoxy) is 2. The molecule has 0 N–H and O–H groups in total. The molecule has 2 rings (SSSR count). The second-order valence-corrected chi connectivity index (χ2v) is 16.7. The zero-order chi connectivity index (χ0) is 31.2. The fraction of sp³-hybridized carbons (Fsp3) is 0.676. The largest absolute Gasteiger partial charge is 0.467 e. The number of aryl methyl sites for hydroxylation is 1. The van der Waals surface area contributed by atoms with E-state index in [2.05, 4.69) is 125 Å². The van der Waals surface area contributed by atoms with Crippen molar-refractivity contribution in [1.29, 1.82) is 0 Å². The fourth-order valence-corrected chi connectivity index (χ4v) is 7.55. The molecule has 0 saturated carbocycles. The number of unbranched alkanes of at least 4 members (excludes halogenated alkanes) is 2. The Bertz CT molecular complexity index is 1100. The van der Waals surface area contributed by atoms with Crippen molar-refractivity contribution in [3.63, 3.8) is 0 Å². The van der Waals surface area contributed by atoms with Gasteiger partial charge >= 0.3 is 0 Å². The van der Waals surface area contributed by atoms with Crippen LogP contribution in [0.1, 0.15) is 137 Å². The van der Waals surface area contributed by atoms with Gasteiger partial charge in [-0.15, -0.1) is 0 Å². The molecule has 0 saturated heterocycles. The van der Waals surface area contributed by atoms with E-state index < -0.39 is 0 Å². The topological polar surface area (TPSA) is 21.7 Å². The first-order valence-electron chi connectivity index (χ1n) is 15.9. The molecule has 2 aromatic carbocycles. The van der Waals surface area contributed by atoms with Crippen molar-refractivity contribution in [3.05, 3.63) is 58.1 Å². The number of benzene rings is 2. The normalized spacial score (nSPS) is 14.6. The van der Waals surface area contributed by atoms with Crippen LogP contribution in [-0.4, -0.2) is 30.9 Å². The van der Waals surface area contributed by atoms with E-state index in [9.17, 15) is 0 Å². The summed E-state index contributed by atoms with van der Waals surface area (Å²) < 4.78 is 12.1. The average Bonchev–Trinajstić information content (AvgIpc) is 2.85. The summed E-state index contributed by atoms with van der Waals surface area (Å²) in [7, 11) is 2.35. The van der Waals surface area contributed by atoms with E-state index in [0.717, 1.165) is 18.7 Å². The van der Waals surface area contributed by atoms with Crippen LogP contribution in [0.3, 0.4) is 0 Å². The Hall–Kier alpha value is -1.41. The Morgan fingerprint density at radius 1 is 0.854 bits per heavy atom. The van der Waals surface area contributed by atoms with Gasteiger partial charge in [0.05, 0.1) is 0 Å². The highest BCUT2D eigenvalue weighted by atomic mass is 31.1. The summed E-state index contributed by atoms with van der Waals surface area (Å²) >= 11 is 0. The maximum atomic E-state index is 6.56. The van der Waals surface area contributed by atoms with Crippen molar-refractivity contribution >= 4 is 13.9 Å². The Morgan fingerprint density at radius 2 is 1.46 bits per heavy atom. The summed E-state index contributed by atoms with van der Waals surface area (Å²) in [6.07, 6.45) is 4.80. The van der Waals surface area contributed by atoms with Crippen LogP contribution in [0.15, 0.2) is 30.3 Å². The second-order valence-electron chi connectivity index (χ2n) is 14.8. The molecule has 0 aliphatic rings. The third kappa shape index (κ3) is 9.54. The van der Waals surface area contributed by atoms with Crippen molar-refractivity contribution in [2.75, 3.05) is 13.9 Å². The Morgan fingerprint density at radius 3 is 1.98 bits per heavy atom. The van der Waals surface area contributed by atoms with Gasteiger partial charge in [0.15, 0.2) is 6.79 Å². The number of rotatable bonds is 14. The van der Waals surface area contributed by atoms with Crippen molar-refractivity contribution in [3.8, 4) is 5.75 Å². The quantitative estimate of drug-likeness (QED) is 0.125. The van der Waals surface area contributed by atoms with Gasteiger partial charge in [-0.05, 0) is 73.9 Å².